The van der Waals surface area contributed by atoms with Gasteiger partial charge in [0.1, 0.15) is 11.5 Å². The van der Waals surface area contributed by atoms with Gasteiger partial charge in [-0.1, -0.05) is 43.8 Å². The summed E-state index contributed by atoms with van der Waals surface area (Å²) >= 11 is 6.17. The Bertz CT molecular complexity index is 643. The summed E-state index contributed by atoms with van der Waals surface area (Å²) in [5.41, 5.74) is 0.292. The fraction of sp³-hybridized carbons (Fsp3) is 0.316. The fourth-order valence-corrected chi connectivity index (χ4v) is 2.94. The zero-order valence-electron chi connectivity index (χ0n) is 13.4. The van der Waals surface area contributed by atoms with Crippen molar-refractivity contribution in [3.63, 3.8) is 0 Å². The summed E-state index contributed by atoms with van der Waals surface area (Å²) in [5.74, 6) is 1.01. The van der Waals surface area contributed by atoms with E-state index in [-0.39, 0.29) is 11.2 Å². The Labute approximate surface area is 142 Å². The van der Waals surface area contributed by atoms with Crippen molar-refractivity contribution in [1.82, 2.24) is 5.32 Å². The van der Waals surface area contributed by atoms with E-state index >= 15 is 0 Å². The first-order valence-electron chi connectivity index (χ1n) is 7.73. The molecule has 0 radical (unpaired) electrons. The summed E-state index contributed by atoms with van der Waals surface area (Å²) < 4.78 is 5.64. The fourth-order valence-electron chi connectivity index (χ4n) is 2.78. The first-order valence-corrected chi connectivity index (χ1v) is 8.11. The van der Waals surface area contributed by atoms with Crippen molar-refractivity contribution < 1.29 is 9.53 Å². The zero-order valence-corrected chi connectivity index (χ0v) is 14.2. The number of nitrogens with one attached hydrogen (secondary N) is 1. The monoisotopic (exact) mass is 331 g/mol. The number of Topliss-reactive ketones (excluding diaryl/α,β-unsaturated/α-hetero) is 1. The second-order valence-corrected chi connectivity index (χ2v) is 6.11. The Balaban J connectivity index is 2.26. The molecule has 1 aromatic carbocycles. The predicted molar refractivity (Wildman–Crippen MR) is 95.1 cm³/mol. The van der Waals surface area contributed by atoms with Gasteiger partial charge in [0, 0.05) is 17.5 Å². The molecule has 1 N–H and O–H groups in total. The summed E-state index contributed by atoms with van der Waals surface area (Å²) in [7, 11) is 0. The van der Waals surface area contributed by atoms with E-state index in [1.54, 1.807) is 36.4 Å². The molecule has 1 heterocycles. The van der Waals surface area contributed by atoms with Crippen LogP contribution in [-0.2, 0) is 0 Å². The minimum atomic E-state index is -0.329. The SMILES string of the molecule is C=C/C=C\C(=C)Oc1cc(C(=O)C2(CC)CCNC2)ccc1Cl. The quantitative estimate of drug-likeness (QED) is 0.452. The number of benzene rings is 1. The third kappa shape index (κ3) is 3.92. The Morgan fingerprint density at radius 3 is 2.91 bits per heavy atom. The Hall–Kier alpha value is -1.84. The predicted octanol–water partition coefficient (Wildman–Crippen LogP) is 4.55. The average molecular weight is 332 g/mol. The molecule has 0 spiro atoms. The number of ether oxygens (including phenoxy) is 1. The van der Waals surface area contributed by atoms with Gasteiger partial charge in [0.2, 0.25) is 0 Å². The first kappa shape index (κ1) is 17.5. The van der Waals surface area contributed by atoms with Crippen LogP contribution in [0, 0.1) is 5.41 Å². The standard InChI is InChI=1S/C19H22ClNO2/c1-4-6-7-14(3)23-17-12-15(8-9-16(17)20)18(22)19(5-2)10-11-21-13-19/h4,6-9,12,21H,1,3,5,10-11,13H2,2H3/b7-6-. The van der Waals surface area contributed by atoms with Gasteiger partial charge in [-0.15, -0.1) is 0 Å². The lowest BCUT2D eigenvalue weighted by molar-refractivity contribution is 0.0810. The van der Waals surface area contributed by atoms with Crippen LogP contribution in [0.2, 0.25) is 5.02 Å². The number of allylic oxidation sites excluding steroid dienone is 3. The maximum atomic E-state index is 12.9. The molecule has 1 unspecified atom stereocenters. The van der Waals surface area contributed by atoms with Crippen LogP contribution in [0.4, 0.5) is 0 Å². The number of carbonyl (C=O) groups is 1. The summed E-state index contributed by atoms with van der Waals surface area (Å²) in [6.07, 6.45) is 6.71. The number of ketones is 1. The second-order valence-electron chi connectivity index (χ2n) is 5.70. The van der Waals surface area contributed by atoms with Crippen LogP contribution in [0.25, 0.3) is 0 Å². The maximum Gasteiger partial charge on any atom is 0.170 e. The molecule has 0 aromatic heterocycles. The smallest absolute Gasteiger partial charge is 0.170 e. The lowest BCUT2D eigenvalue weighted by Crippen LogP contribution is -2.32. The third-order valence-corrected chi connectivity index (χ3v) is 4.57. The van der Waals surface area contributed by atoms with Gasteiger partial charge in [-0.05, 0) is 43.7 Å². The summed E-state index contributed by atoms with van der Waals surface area (Å²) in [5, 5.41) is 3.73. The van der Waals surface area contributed by atoms with Crippen LogP contribution in [0.1, 0.15) is 30.1 Å². The van der Waals surface area contributed by atoms with Gasteiger partial charge in [-0.2, -0.15) is 0 Å². The molecule has 1 aliphatic heterocycles. The Kier molecular flexibility index (Phi) is 5.80. The molecule has 0 amide bonds. The van der Waals surface area contributed by atoms with Crippen molar-refractivity contribution in [2.45, 2.75) is 19.8 Å². The molecule has 4 heteroatoms. The Morgan fingerprint density at radius 2 is 2.30 bits per heavy atom. The van der Waals surface area contributed by atoms with E-state index in [0.29, 0.717) is 22.1 Å². The van der Waals surface area contributed by atoms with E-state index in [2.05, 4.69) is 25.4 Å². The molecule has 3 nitrogen and oxygen atoms in total. The van der Waals surface area contributed by atoms with Crippen LogP contribution in [0.3, 0.4) is 0 Å². The molecule has 1 aliphatic rings. The third-order valence-electron chi connectivity index (χ3n) is 4.25. The van der Waals surface area contributed by atoms with Crippen molar-refractivity contribution in [2.75, 3.05) is 13.1 Å². The van der Waals surface area contributed by atoms with Crippen molar-refractivity contribution in [1.29, 1.82) is 0 Å². The van der Waals surface area contributed by atoms with Crippen molar-refractivity contribution in [2.24, 2.45) is 5.41 Å². The summed E-state index contributed by atoms with van der Waals surface area (Å²) in [6, 6.07) is 5.16. The molecule has 23 heavy (non-hydrogen) atoms. The highest BCUT2D eigenvalue weighted by Gasteiger charge is 2.39. The van der Waals surface area contributed by atoms with Crippen molar-refractivity contribution >= 4 is 17.4 Å². The van der Waals surface area contributed by atoms with Gasteiger partial charge < -0.3 is 10.1 Å². The van der Waals surface area contributed by atoms with Crippen LogP contribution in [0.5, 0.6) is 5.75 Å². The van der Waals surface area contributed by atoms with E-state index in [4.69, 9.17) is 16.3 Å². The van der Waals surface area contributed by atoms with E-state index in [9.17, 15) is 4.79 Å². The van der Waals surface area contributed by atoms with Gasteiger partial charge in [-0.25, -0.2) is 0 Å². The van der Waals surface area contributed by atoms with E-state index in [1.165, 1.54) is 0 Å². The number of hydrogen-bond acceptors (Lipinski definition) is 3. The molecule has 1 atom stereocenters. The normalized spacial score (nSPS) is 20.6. The van der Waals surface area contributed by atoms with Gasteiger partial charge in [0.05, 0.1) is 5.02 Å². The molecule has 0 bridgehead atoms. The summed E-state index contributed by atoms with van der Waals surface area (Å²) in [6.45, 7) is 11.0. The highest BCUT2D eigenvalue weighted by Crippen LogP contribution is 2.36. The minimum absolute atomic E-state index is 0.138. The number of carbonyl (C=O) groups excluding carboxylic acids is 1. The molecular formula is C19H22ClNO2. The number of hydrogen-bond donors (Lipinski definition) is 1. The van der Waals surface area contributed by atoms with Crippen molar-refractivity contribution in [3.8, 4) is 5.75 Å². The Morgan fingerprint density at radius 1 is 1.52 bits per heavy atom. The number of rotatable bonds is 7. The average Bonchev–Trinajstić information content (AvgIpc) is 3.04. The molecule has 0 saturated carbocycles. The topological polar surface area (TPSA) is 38.3 Å². The van der Waals surface area contributed by atoms with Gasteiger partial charge in [0.15, 0.2) is 5.78 Å². The largest absolute Gasteiger partial charge is 0.456 e. The van der Waals surface area contributed by atoms with Gasteiger partial charge in [0.25, 0.3) is 0 Å². The maximum absolute atomic E-state index is 12.9. The van der Waals surface area contributed by atoms with Crippen LogP contribution in [0.15, 0.2) is 55.3 Å². The first-order chi connectivity index (χ1) is 11.0. The molecule has 1 aromatic rings. The second kappa shape index (κ2) is 7.62. The van der Waals surface area contributed by atoms with Crippen LogP contribution in [-0.4, -0.2) is 18.9 Å². The highest BCUT2D eigenvalue weighted by atomic mass is 35.5. The van der Waals surface area contributed by atoms with Crippen LogP contribution < -0.4 is 10.1 Å². The van der Waals surface area contributed by atoms with Gasteiger partial charge in [-0.3, -0.25) is 4.79 Å². The molecule has 122 valence electrons. The lowest BCUT2D eigenvalue weighted by Gasteiger charge is -2.25. The molecule has 0 aliphatic carbocycles. The zero-order chi connectivity index (χ0) is 16.9. The van der Waals surface area contributed by atoms with E-state index in [0.717, 1.165) is 25.9 Å². The molecule has 1 saturated heterocycles. The van der Waals surface area contributed by atoms with E-state index < -0.39 is 0 Å². The van der Waals surface area contributed by atoms with E-state index in [1.807, 2.05) is 0 Å². The molecular weight excluding hydrogens is 310 g/mol. The highest BCUT2D eigenvalue weighted by molar-refractivity contribution is 6.32. The summed E-state index contributed by atoms with van der Waals surface area (Å²) in [4.78, 5) is 12.9. The number of halogens is 1. The lowest BCUT2D eigenvalue weighted by atomic mass is 9.77. The van der Waals surface area contributed by atoms with Gasteiger partial charge >= 0.3 is 0 Å². The molecule has 2 rings (SSSR count). The molecule has 1 fully saturated rings. The van der Waals surface area contributed by atoms with Crippen molar-refractivity contribution in [3.05, 3.63) is 65.9 Å². The van der Waals surface area contributed by atoms with Crippen LogP contribution >= 0.6 is 11.6 Å². The minimum Gasteiger partial charge on any atom is -0.456 e.